The number of hydrogen-bond donors (Lipinski definition) is 0. The van der Waals surface area contributed by atoms with E-state index in [0.29, 0.717) is 0 Å². The van der Waals surface area contributed by atoms with Crippen molar-refractivity contribution in [2.75, 3.05) is 0 Å². The summed E-state index contributed by atoms with van der Waals surface area (Å²) in [5.41, 5.74) is 4.44. The van der Waals surface area contributed by atoms with Crippen LogP contribution in [0.15, 0.2) is 42.7 Å². The van der Waals surface area contributed by atoms with Gasteiger partial charge in [-0.2, -0.15) is 5.10 Å². The molecule has 0 spiro atoms. The van der Waals surface area contributed by atoms with E-state index in [4.69, 9.17) is 0 Å². The van der Waals surface area contributed by atoms with Crippen LogP contribution in [0.3, 0.4) is 0 Å². The molecule has 0 atom stereocenters. The van der Waals surface area contributed by atoms with Gasteiger partial charge in [-0.3, -0.25) is 0 Å². The highest BCUT2D eigenvalue weighted by Gasteiger charge is 2.05. The van der Waals surface area contributed by atoms with Gasteiger partial charge in [0.05, 0.1) is 6.20 Å². The van der Waals surface area contributed by atoms with Crippen LogP contribution < -0.4 is 0 Å². The van der Waals surface area contributed by atoms with Gasteiger partial charge in [0.1, 0.15) is 5.82 Å². The number of benzene rings is 1. The fraction of sp³-hybridized carbons (Fsp3) is 0.188. The summed E-state index contributed by atoms with van der Waals surface area (Å²) in [4.78, 5) is 8.70. The molecule has 0 N–H and O–H groups in total. The molecule has 4 nitrogen and oxygen atoms in total. The van der Waals surface area contributed by atoms with Crippen molar-refractivity contribution >= 4 is 0 Å². The van der Waals surface area contributed by atoms with Gasteiger partial charge < -0.3 is 0 Å². The van der Waals surface area contributed by atoms with Gasteiger partial charge in [0, 0.05) is 23.5 Å². The van der Waals surface area contributed by atoms with E-state index in [9.17, 15) is 0 Å². The van der Waals surface area contributed by atoms with Crippen molar-refractivity contribution in [2.45, 2.75) is 20.8 Å². The second kappa shape index (κ2) is 4.89. The summed E-state index contributed by atoms with van der Waals surface area (Å²) in [7, 11) is 0. The lowest BCUT2D eigenvalue weighted by atomic mass is 10.1. The first-order valence-corrected chi connectivity index (χ1v) is 6.56. The molecule has 0 fully saturated rings. The van der Waals surface area contributed by atoms with Crippen molar-refractivity contribution in [3.8, 4) is 16.9 Å². The summed E-state index contributed by atoms with van der Waals surface area (Å²) in [5, 5.41) is 4.39. The maximum absolute atomic E-state index is 4.41. The highest BCUT2D eigenvalue weighted by atomic mass is 15.3. The SMILES string of the molecule is Cc1ccc(-c2cnn(-c3cc(C)nc(C)n3)c2)cc1. The quantitative estimate of drug-likeness (QED) is 0.713. The van der Waals surface area contributed by atoms with Gasteiger partial charge in [-0.25, -0.2) is 14.6 Å². The zero-order valence-corrected chi connectivity index (χ0v) is 11.8. The lowest BCUT2D eigenvalue weighted by Gasteiger charge is -2.02. The van der Waals surface area contributed by atoms with Crippen LogP contribution >= 0.6 is 0 Å². The standard InChI is InChI=1S/C16H16N4/c1-11-4-6-14(7-5-11)15-9-17-20(10-15)16-8-12(2)18-13(3)19-16/h4-10H,1-3H3. The Morgan fingerprint density at radius 3 is 2.35 bits per heavy atom. The summed E-state index contributed by atoms with van der Waals surface area (Å²) in [6, 6.07) is 10.3. The fourth-order valence-corrected chi connectivity index (χ4v) is 2.16. The van der Waals surface area contributed by atoms with Gasteiger partial charge in [0.15, 0.2) is 5.82 Å². The zero-order chi connectivity index (χ0) is 14.1. The molecule has 0 amide bonds. The van der Waals surface area contributed by atoms with Crippen LogP contribution in [0.4, 0.5) is 0 Å². The molecule has 0 aliphatic carbocycles. The Morgan fingerprint density at radius 1 is 0.900 bits per heavy atom. The Hall–Kier alpha value is -2.49. The summed E-state index contributed by atoms with van der Waals surface area (Å²) < 4.78 is 1.79. The molecule has 0 radical (unpaired) electrons. The number of hydrogen-bond acceptors (Lipinski definition) is 3. The third-order valence-corrected chi connectivity index (χ3v) is 3.15. The smallest absolute Gasteiger partial charge is 0.157 e. The van der Waals surface area contributed by atoms with Gasteiger partial charge >= 0.3 is 0 Å². The summed E-state index contributed by atoms with van der Waals surface area (Å²) in [6.45, 7) is 5.93. The molecule has 0 aliphatic heterocycles. The fourth-order valence-electron chi connectivity index (χ4n) is 2.16. The molecule has 0 aliphatic rings. The monoisotopic (exact) mass is 264 g/mol. The van der Waals surface area contributed by atoms with Crippen LogP contribution in [-0.2, 0) is 0 Å². The Balaban J connectivity index is 1.99. The summed E-state index contributed by atoms with van der Waals surface area (Å²) in [6.07, 6.45) is 3.85. The minimum Gasteiger partial charge on any atom is -0.238 e. The van der Waals surface area contributed by atoms with Crippen molar-refractivity contribution in [1.29, 1.82) is 0 Å². The van der Waals surface area contributed by atoms with Gasteiger partial charge in [0.25, 0.3) is 0 Å². The third-order valence-electron chi connectivity index (χ3n) is 3.15. The predicted octanol–water partition coefficient (Wildman–Crippen LogP) is 3.25. The molecule has 100 valence electrons. The third kappa shape index (κ3) is 2.45. The van der Waals surface area contributed by atoms with E-state index in [0.717, 1.165) is 28.5 Å². The van der Waals surface area contributed by atoms with E-state index in [1.54, 1.807) is 4.68 Å². The number of aromatic nitrogens is 4. The van der Waals surface area contributed by atoms with E-state index in [-0.39, 0.29) is 0 Å². The first-order valence-electron chi connectivity index (χ1n) is 6.56. The van der Waals surface area contributed by atoms with Crippen molar-refractivity contribution in [2.24, 2.45) is 0 Å². The molecule has 0 unspecified atom stereocenters. The molecule has 3 aromatic rings. The molecule has 0 saturated heterocycles. The van der Waals surface area contributed by atoms with Crippen LogP contribution in [0.25, 0.3) is 16.9 Å². The maximum Gasteiger partial charge on any atom is 0.157 e. The highest BCUT2D eigenvalue weighted by molar-refractivity contribution is 5.62. The van der Waals surface area contributed by atoms with Crippen molar-refractivity contribution < 1.29 is 0 Å². The molecule has 3 rings (SSSR count). The van der Waals surface area contributed by atoms with Crippen LogP contribution in [-0.4, -0.2) is 19.7 Å². The molecule has 0 bridgehead atoms. The van der Waals surface area contributed by atoms with E-state index >= 15 is 0 Å². The van der Waals surface area contributed by atoms with E-state index in [2.05, 4.69) is 46.3 Å². The number of rotatable bonds is 2. The molecular weight excluding hydrogens is 248 g/mol. The predicted molar refractivity (Wildman–Crippen MR) is 78.8 cm³/mol. The Morgan fingerprint density at radius 2 is 1.65 bits per heavy atom. The van der Waals surface area contributed by atoms with Crippen LogP contribution in [0.1, 0.15) is 17.1 Å². The van der Waals surface area contributed by atoms with Crippen molar-refractivity contribution in [3.05, 3.63) is 59.8 Å². The van der Waals surface area contributed by atoms with E-state index in [1.165, 1.54) is 5.56 Å². The van der Waals surface area contributed by atoms with Gasteiger partial charge in [-0.05, 0) is 26.3 Å². The Labute approximate surface area is 118 Å². The molecule has 1 aromatic carbocycles. The average Bonchev–Trinajstić information content (AvgIpc) is 2.88. The summed E-state index contributed by atoms with van der Waals surface area (Å²) >= 11 is 0. The average molecular weight is 264 g/mol. The molecule has 0 saturated carbocycles. The Bertz CT molecular complexity index is 721. The minimum absolute atomic E-state index is 0.757. The normalized spacial score (nSPS) is 10.8. The zero-order valence-electron chi connectivity index (χ0n) is 11.8. The van der Waals surface area contributed by atoms with Gasteiger partial charge in [-0.1, -0.05) is 29.8 Å². The van der Waals surface area contributed by atoms with Crippen LogP contribution in [0, 0.1) is 20.8 Å². The molecular formula is C16H16N4. The maximum atomic E-state index is 4.41. The molecule has 4 heteroatoms. The first-order chi connectivity index (χ1) is 9.61. The van der Waals surface area contributed by atoms with E-state index in [1.807, 2.05) is 32.3 Å². The van der Waals surface area contributed by atoms with Gasteiger partial charge in [-0.15, -0.1) is 0 Å². The van der Waals surface area contributed by atoms with Crippen LogP contribution in [0.5, 0.6) is 0 Å². The molecule has 2 aromatic heterocycles. The highest BCUT2D eigenvalue weighted by Crippen LogP contribution is 2.20. The molecule has 2 heterocycles. The number of aryl methyl sites for hydroxylation is 3. The van der Waals surface area contributed by atoms with E-state index < -0.39 is 0 Å². The van der Waals surface area contributed by atoms with Crippen LogP contribution in [0.2, 0.25) is 0 Å². The topological polar surface area (TPSA) is 43.6 Å². The van der Waals surface area contributed by atoms with Gasteiger partial charge in [0.2, 0.25) is 0 Å². The Kier molecular flexibility index (Phi) is 3.06. The second-order valence-electron chi connectivity index (χ2n) is 4.95. The second-order valence-corrected chi connectivity index (χ2v) is 4.95. The lowest BCUT2D eigenvalue weighted by Crippen LogP contribution is -2.02. The largest absolute Gasteiger partial charge is 0.238 e. The van der Waals surface area contributed by atoms with Crippen molar-refractivity contribution in [1.82, 2.24) is 19.7 Å². The lowest BCUT2D eigenvalue weighted by molar-refractivity contribution is 0.822. The number of nitrogens with zero attached hydrogens (tertiary/aromatic N) is 4. The summed E-state index contributed by atoms with van der Waals surface area (Å²) in [5.74, 6) is 1.56. The van der Waals surface area contributed by atoms with Crippen molar-refractivity contribution in [3.63, 3.8) is 0 Å². The first kappa shape index (κ1) is 12.5. The minimum atomic E-state index is 0.757. The molecule has 20 heavy (non-hydrogen) atoms.